The molecule has 7 nitrogen and oxygen atoms in total. The molecule has 0 aromatic rings. The lowest BCUT2D eigenvalue weighted by atomic mass is 9.97. The Morgan fingerprint density at radius 2 is 1.88 bits per heavy atom. The standard InChI is InChI=1S/C18H27NO6/c1-4-12(3)17(21)25-15-7-9-19(23)8-6-14(16(15)19)11-24-18(22)13(5-2)10-20/h4-5,14-16,20H,6-11H2,1-3H3/b12-4-,13-5+/t14-,15-,16-,19?/m1/s1. The van der Waals surface area contributed by atoms with E-state index in [2.05, 4.69) is 0 Å². The summed E-state index contributed by atoms with van der Waals surface area (Å²) in [6, 6.07) is -0.399. The van der Waals surface area contributed by atoms with E-state index < -0.39 is 24.1 Å². The quantitative estimate of drug-likeness (QED) is 0.336. The second-order valence-electron chi connectivity index (χ2n) is 6.71. The van der Waals surface area contributed by atoms with Crippen LogP contribution in [-0.2, 0) is 19.1 Å². The Labute approximate surface area is 148 Å². The lowest BCUT2D eigenvalue weighted by Crippen LogP contribution is -2.48. The van der Waals surface area contributed by atoms with E-state index in [4.69, 9.17) is 14.6 Å². The number of hydrogen-bond donors (Lipinski definition) is 1. The summed E-state index contributed by atoms with van der Waals surface area (Å²) in [5.41, 5.74) is 0.705. The number of allylic oxidation sites excluding steroid dienone is 2. The second kappa shape index (κ2) is 8.12. The van der Waals surface area contributed by atoms with Crippen LogP contribution in [0.5, 0.6) is 0 Å². The number of esters is 2. The molecule has 140 valence electrons. The van der Waals surface area contributed by atoms with Crippen molar-refractivity contribution in [2.45, 2.75) is 45.8 Å². The van der Waals surface area contributed by atoms with E-state index >= 15 is 0 Å². The van der Waals surface area contributed by atoms with Crippen LogP contribution in [0.25, 0.3) is 0 Å². The van der Waals surface area contributed by atoms with Crippen molar-refractivity contribution in [3.63, 3.8) is 0 Å². The molecular weight excluding hydrogens is 326 g/mol. The van der Waals surface area contributed by atoms with Crippen LogP contribution in [0.15, 0.2) is 23.3 Å². The molecule has 2 fully saturated rings. The van der Waals surface area contributed by atoms with Crippen molar-refractivity contribution in [3.05, 3.63) is 28.5 Å². The molecule has 1 unspecified atom stereocenters. The topological polar surface area (TPSA) is 95.9 Å². The molecular formula is C18H27NO6. The van der Waals surface area contributed by atoms with Crippen molar-refractivity contribution in [2.75, 3.05) is 26.3 Å². The van der Waals surface area contributed by atoms with E-state index in [-0.39, 0.29) is 29.4 Å². The largest absolute Gasteiger partial charge is 0.632 e. The fourth-order valence-electron chi connectivity index (χ4n) is 3.68. The van der Waals surface area contributed by atoms with Crippen molar-refractivity contribution in [2.24, 2.45) is 5.92 Å². The molecule has 0 aromatic heterocycles. The minimum Gasteiger partial charge on any atom is -0.632 e. The Morgan fingerprint density at radius 3 is 2.48 bits per heavy atom. The Hall–Kier alpha value is -1.70. The maximum atomic E-state index is 12.9. The zero-order chi connectivity index (χ0) is 18.6. The van der Waals surface area contributed by atoms with Crippen molar-refractivity contribution < 1.29 is 28.8 Å². The van der Waals surface area contributed by atoms with E-state index in [1.807, 2.05) is 0 Å². The smallest absolute Gasteiger partial charge is 0.336 e. The molecule has 2 heterocycles. The molecule has 2 saturated heterocycles. The van der Waals surface area contributed by atoms with Gasteiger partial charge in [0.1, 0.15) is 12.6 Å². The molecule has 0 spiro atoms. The van der Waals surface area contributed by atoms with Crippen LogP contribution >= 0.6 is 0 Å². The number of carbonyl (C=O) groups is 2. The van der Waals surface area contributed by atoms with Crippen LogP contribution < -0.4 is 0 Å². The van der Waals surface area contributed by atoms with Crippen molar-refractivity contribution >= 4 is 11.9 Å². The van der Waals surface area contributed by atoms with E-state index in [0.29, 0.717) is 31.5 Å². The van der Waals surface area contributed by atoms with Crippen LogP contribution in [0.2, 0.25) is 0 Å². The van der Waals surface area contributed by atoms with Gasteiger partial charge in [0.25, 0.3) is 0 Å². The van der Waals surface area contributed by atoms with Crippen LogP contribution in [0, 0.1) is 11.1 Å². The Kier molecular flexibility index (Phi) is 6.37. The van der Waals surface area contributed by atoms with Gasteiger partial charge in [-0.05, 0) is 20.8 Å². The first-order valence-corrected chi connectivity index (χ1v) is 8.71. The first-order chi connectivity index (χ1) is 11.9. The molecule has 0 bridgehead atoms. The number of hydroxylamine groups is 3. The molecule has 2 rings (SSSR count). The van der Waals surface area contributed by atoms with Gasteiger partial charge in [0.2, 0.25) is 0 Å². The van der Waals surface area contributed by atoms with Crippen LogP contribution in [-0.4, -0.2) is 60.1 Å². The number of ether oxygens (including phenoxy) is 2. The highest BCUT2D eigenvalue weighted by Crippen LogP contribution is 2.41. The number of hydrogen-bond acceptors (Lipinski definition) is 6. The molecule has 7 heteroatoms. The highest BCUT2D eigenvalue weighted by Gasteiger charge is 2.54. The molecule has 2 aliphatic heterocycles. The van der Waals surface area contributed by atoms with E-state index in [1.165, 1.54) is 6.08 Å². The summed E-state index contributed by atoms with van der Waals surface area (Å²) < 4.78 is 10.4. The third kappa shape index (κ3) is 4.11. The minimum atomic E-state index is -0.572. The Morgan fingerprint density at radius 1 is 1.20 bits per heavy atom. The molecule has 0 amide bonds. The average Bonchev–Trinajstić information content (AvgIpc) is 3.09. The molecule has 0 saturated carbocycles. The van der Waals surface area contributed by atoms with Gasteiger partial charge in [-0.15, -0.1) is 0 Å². The number of fused-ring (bicyclic) bond motifs is 1. The van der Waals surface area contributed by atoms with Crippen LogP contribution in [0.4, 0.5) is 0 Å². The lowest BCUT2D eigenvalue weighted by Gasteiger charge is -2.40. The van der Waals surface area contributed by atoms with Gasteiger partial charge >= 0.3 is 11.9 Å². The van der Waals surface area contributed by atoms with E-state index in [1.54, 1.807) is 26.8 Å². The summed E-state index contributed by atoms with van der Waals surface area (Å²) in [6.45, 7) is 5.67. The highest BCUT2D eigenvalue weighted by atomic mass is 16.6. The summed E-state index contributed by atoms with van der Waals surface area (Å²) in [5, 5.41) is 22.0. The maximum absolute atomic E-state index is 12.9. The Bertz CT molecular complexity index is 584. The summed E-state index contributed by atoms with van der Waals surface area (Å²) in [5.74, 6) is -1.12. The third-order valence-electron chi connectivity index (χ3n) is 5.30. The molecule has 4 atom stereocenters. The van der Waals surface area contributed by atoms with Crippen LogP contribution in [0.3, 0.4) is 0 Å². The number of quaternary nitrogens is 1. The van der Waals surface area contributed by atoms with Crippen molar-refractivity contribution in [3.8, 4) is 0 Å². The van der Waals surface area contributed by atoms with Gasteiger partial charge in [-0.2, -0.15) is 0 Å². The summed E-state index contributed by atoms with van der Waals surface area (Å²) in [7, 11) is 0. The number of rotatable bonds is 6. The maximum Gasteiger partial charge on any atom is 0.336 e. The molecule has 25 heavy (non-hydrogen) atoms. The minimum absolute atomic E-state index is 0.0970. The SMILES string of the molecule is C/C=C(/C)C(=O)O[C@@H]1CC[N+]2([O-])CC[C@H](COC(=O)/C(=C/C)CO)[C@H]12. The monoisotopic (exact) mass is 353 g/mol. The predicted octanol–water partition coefficient (Wildman–Crippen LogP) is 1.45. The van der Waals surface area contributed by atoms with Gasteiger partial charge in [0, 0.05) is 18.4 Å². The Balaban J connectivity index is 2.03. The lowest BCUT2D eigenvalue weighted by molar-refractivity contribution is -0.882. The van der Waals surface area contributed by atoms with Crippen molar-refractivity contribution in [1.82, 2.24) is 0 Å². The van der Waals surface area contributed by atoms with E-state index in [0.717, 1.165) is 0 Å². The molecule has 2 aliphatic rings. The number of aliphatic hydroxyl groups is 1. The second-order valence-corrected chi connectivity index (χ2v) is 6.71. The van der Waals surface area contributed by atoms with Gasteiger partial charge in [0.05, 0.1) is 31.2 Å². The molecule has 0 aliphatic carbocycles. The van der Waals surface area contributed by atoms with Gasteiger partial charge in [0.15, 0.2) is 6.10 Å². The van der Waals surface area contributed by atoms with Gasteiger partial charge in [-0.1, -0.05) is 12.2 Å². The molecule has 1 N–H and O–H groups in total. The number of nitrogens with zero attached hydrogens (tertiary/aromatic N) is 1. The van der Waals surface area contributed by atoms with Gasteiger partial charge in [-0.3, -0.25) is 0 Å². The zero-order valence-electron chi connectivity index (χ0n) is 15.1. The predicted molar refractivity (Wildman–Crippen MR) is 91.0 cm³/mol. The average molecular weight is 353 g/mol. The fourth-order valence-corrected chi connectivity index (χ4v) is 3.68. The number of aliphatic hydroxyl groups excluding tert-OH is 1. The van der Waals surface area contributed by atoms with Gasteiger partial charge in [-0.25, -0.2) is 9.59 Å². The third-order valence-corrected chi connectivity index (χ3v) is 5.30. The van der Waals surface area contributed by atoms with Crippen molar-refractivity contribution in [1.29, 1.82) is 0 Å². The summed E-state index contributed by atoms with van der Waals surface area (Å²) >= 11 is 0. The molecule has 0 aromatic carbocycles. The number of carbonyl (C=O) groups excluding carboxylic acids is 2. The summed E-state index contributed by atoms with van der Waals surface area (Å²) in [4.78, 5) is 23.9. The fraction of sp³-hybridized carbons (Fsp3) is 0.667. The normalized spacial score (nSPS) is 32.4. The first-order valence-electron chi connectivity index (χ1n) is 8.71. The summed E-state index contributed by atoms with van der Waals surface area (Å²) in [6.07, 6.45) is 3.88. The first kappa shape index (κ1) is 19.6. The van der Waals surface area contributed by atoms with Crippen LogP contribution in [0.1, 0.15) is 33.6 Å². The highest BCUT2D eigenvalue weighted by molar-refractivity contribution is 5.88. The van der Waals surface area contributed by atoms with Gasteiger partial charge < -0.3 is 24.4 Å². The zero-order valence-corrected chi connectivity index (χ0v) is 15.1. The van der Waals surface area contributed by atoms with E-state index in [9.17, 15) is 14.8 Å². The molecule has 0 radical (unpaired) electrons.